The molecular formula is C13H22ClN3O3S. The molecule has 0 saturated carbocycles. The SMILES string of the molecule is CNCCN(C)C(=O)c1cc(C)ccc1NS(C)(=O)=O.Cl. The molecule has 1 aromatic carbocycles. The molecule has 1 amide bonds. The van der Waals surface area contributed by atoms with Gasteiger partial charge in [0, 0.05) is 20.1 Å². The Labute approximate surface area is 132 Å². The van der Waals surface area contributed by atoms with Gasteiger partial charge in [0.2, 0.25) is 10.0 Å². The molecule has 120 valence electrons. The molecule has 0 radical (unpaired) electrons. The predicted molar refractivity (Wildman–Crippen MR) is 87.8 cm³/mol. The van der Waals surface area contributed by atoms with Gasteiger partial charge in [0.1, 0.15) is 0 Å². The molecule has 0 bridgehead atoms. The Kier molecular flexibility index (Phi) is 7.70. The maximum absolute atomic E-state index is 12.4. The van der Waals surface area contributed by atoms with Crippen molar-refractivity contribution in [1.82, 2.24) is 10.2 Å². The first-order valence-corrected chi connectivity index (χ1v) is 8.12. The normalized spacial score (nSPS) is 10.7. The van der Waals surface area contributed by atoms with E-state index in [0.717, 1.165) is 11.8 Å². The van der Waals surface area contributed by atoms with Crippen LogP contribution in [0.5, 0.6) is 0 Å². The van der Waals surface area contributed by atoms with Crippen LogP contribution in [0.1, 0.15) is 15.9 Å². The Morgan fingerprint density at radius 2 is 1.95 bits per heavy atom. The van der Waals surface area contributed by atoms with Crippen molar-refractivity contribution in [1.29, 1.82) is 0 Å². The summed E-state index contributed by atoms with van der Waals surface area (Å²) >= 11 is 0. The van der Waals surface area contributed by atoms with Crippen LogP contribution in [0.3, 0.4) is 0 Å². The predicted octanol–water partition coefficient (Wildman–Crippen LogP) is 1.08. The molecule has 2 N–H and O–H groups in total. The third kappa shape index (κ3) is 6.33. The molecule has 0 aromatic heterocycles. The van der Waals surface area contributed by atoms with Gasteiger partial charge in [-0.25, -0.2) is 8.42 Å². The summed E-state index contributed by atoms with van der Waals surface area (Å²) in [6.45, 7) is 3.07. The van der Waals surface area contributed by atoms with Gasteiger partial charge in [-0.2, -0.15) is 0 Å². The lowest BCUT2D eigenvalue weighted by molar-refractivity contribution is 0.0798. The van der Waals surface area contributed by atoms with E-state index in [1.54, 1.807) is 30.1 Å². The van der Waals surface area contributed by atoms with Gasteiger partial charge in [-0.1, -0.05) is 11.6 Å². The van der Waals surface area contributed by atoms with E-state index in [4.69, 9.17) is 0 Å². The molecule has 21 heavy (non-hydrogen) atoms. The standard InChI is InChI=1S/C13H21N3O3S.ClH/c1-10-5-6-12(15-20(4,18)19)11(9-10)13(17)16(3)8-7-14-2;/h5-6,9,14-15H,7-8H2,1-4H3;1H. The number of carbonyl (C=O) groups excluding carboxylic acids is 1. The number of hydrogen-bond donors (Lipinski definition) is 2. The number of carbonyl (C=O) groups is 1. The fourth-order valence-electron chi connectivity index (χ4n) is 1.71. The lowest BCUT2D eigenvalue weighted by Crippen LogP contribution is -2.33. The minimum atomic E-state index is -3.42. The first-order chi connectivity index (χ1) is 9.24. The van der Waals surface area contributed by atoms with Gasteiger partial charge in [0.05, 0.1) is 17.5 Å². The summed E-state index contributed by atoms with van der Waals surface area (Å²) in [4.78, 5) is 13.9. The van der Waals surface area contributed by atoms with Crippen LogP contribution >= 0.6 is 12.4 Å². The quantitative estimate of drug-likeness (QED) is 0.815. The number of nitrogens with one attached hydrogen (secondary N) is 2. The van der Waals surface area contributed by atoms with Crippen LogP contribution < -0.4 is 10.0 Å². The second-order valence-electron chi connectivity index (χ2n) is 4.75. The fraction of sp³-hybridized carbons (Fsp3) is 0.462. The fourth-order valence-corrected chi connectivity index (χ4v) is 2.29. The number of aryl methyl sites for hydroxylation is 1. The van der Waals surface area contributed by atoms with Crippen molar-refractivity contribution in [2.24, 2.45) is 0 Å². The molecule has 0 fully saturated rings. The average Bonchev–Trinajstić information content (AvgIpc) is 2.35. The maximum atomic E-state index is 12.4. The van der Waals surface area contributed by atoms with E-state index in [0.29, 0.717) is 24.3 Å². The van der Waals surface area contributed by atoms with Crippen molar-refractivity contribution < 1.29 is 13.2 Å². The average molecular weight is 336 g/mol. The van der Waals surface area contributed by atoms with E-state index in [9.17, 15) is 13.2 Å². The zero-order valence-electron chi connectivity index (χ0n) is 12.6. The minimum Gasteiger partial charge on any atom is -0.340 e. The summed E-state index contributed by atoms with van der Waals surface area (Å²) in [7, 11) is 0.0721. The summed E-state index contributed by atoms with van der Waals surface area (Å²) in [5.41, 5.74) is 1.56. The van der Waals surface area contributed by atoms with E-state index < -0.39 is 10.0 Å². The van der Waals surface area contributed by atoms with Crippen LogP contribution in [-0.2, 0) is 10.0 Å². The number of amides is 1. The molecule has 0 spiro atoms. The second kappa shape index (κ2) is 8.21. The summed E-state index contributed by atoms with van der Waals surface area (Å²) < 4.78 is 25.1. The van der Waals surface area contributed by atoms with E-state index in [2.05, 4.69) is 10.0 Å². The highest BCUT2D eigenvalue weighted by atomic mass is 35.5. The largest absolute Gasteiger partial charge is 0.340 e. The lowest BCUT2D eigenvalue weighted by atomic mass is 10.1. The summed E-state index contributed by atoms with van der Waals surface area (Å²) in [5, 5.41) is 2.96. The van der Waals surface area contributed by atoms with Gasteiger partial charge >= 0.3 is 0 Å². The van der Waals surface area contributed by atoms with Crippen molar-refractivity contribution in [3.05, 3.63) is 29.3 Å². The first-order valence-electron chi connectivity index (χ1n) is 6.23. The summed E-state index contributed by atoms with van der Waals surface area (Å²) in [6, 6.07) is 5.05. The summed E-state index contributed by atoms with van der Waals surface area (Å²) in [5.74, 6) is -0.213. The van der Waals surface area contributed by atoms with Crippen LogP contribution in [-0.4, -0.2) is 52.7 Å². The Hall–Kier alpha value is -1.31. The van der Waals surface area contributed by atoms with Crippen molar-refractivity contribution in [2.45, 2.75) is 6.92 Å². The molecule has 0 saturated heterocycles. The smallest absolute Gasteiger partial charge is 0.255 e. The number of nitrogens with zero attached hydrogens (tertiary/aromatic N) is 1. The third-order valence-corrected chi connectivity index (χ3v) is 3.34. The number of rotatable bonds is 6. The number of benzene rings is 1. The molecule has 0 unspecified atom stereocenters. The Balaban J connectivity index is 0.00000400. The highest BCUT2D eigenvalue weighted by molar-refractivity contribution is 7.92. The highest BCUT2D eigenvalue weighted by Gasteiger charge is 2.17. The molecule has 1 aromatic rings. The number of hydrogen-bond acceptors (Lipinski definition) is 4. The minimum absolute atomic E-state index is 0. The van der Waals surface area contributed by atoms with Crippen molar-refractivity contribution in [3.8, 4) is 0 Å². The van der Waals surface area contributed by atoms with Gasteiger partial charge in [0.25, 0.3) is 5.91 Å². The van der Waals surface area contributed by atoms with Crippen LogP contribution in [0.2, 0.25) is 0 Å². The zero-order chi connectivity index (χ0) is 15.3. The van der Waals surface area contributed by atoms with Crippen LogP contribution in [0.4, 0.5) is 5.69 Å². The van der Waals surface area contributed by atoms with Gasteiger partial charge in [0.15, 0.2) is 0 Å². The third-order valence-electron chi connectivity index (χ3n) is 2.74. The first kappa shape index (κ1) is 19.7. The molecule has 0 heterocycles. The number of halogens is 1. The van der Waals surface area contributed by atoms with Gasteiger partial charge < -0.3 is 10.2 Å². The molecule has 0 aliphatic carbocycles. The molecular weight excluding hydrogens is 314 g/mol. The Bertz CT molecular complexity index is 590. The van der Waals surface area contributed by atoms with Crippen LogP contribution in [0.25, 0.3) is 0 Å². The Morgan fingerprint density at radius 1 is 1.33 bits per heavy atom. The van der Waals surface area contributed by atoms with Gasteiger partial charge in [-0.15, -0.1) is 12.4 Å². The molecule has 1 rings (SSSR count). The molecule has 0 aliphatic heterocycles. The summed E-state index contributed by atoms with van der Waals surface area (Å²) in [6.07, 6.45) is 1.06. The molecule has 6 nitrogen and oxygen atoms in total. The monoisotopic (exact) mass is 335 g/mol. The number of likely N-dealkylation sites (N-methyl/N-ethyl adjacent to an activating group) is 2. The molecule has 0 aliphatic rings. The van der Waals surface area contributed by atoms with Crippen LogP contribution in [0.15, 0.2) is 18.2 Å². The maximum Gasteiger partial charge on any atom is 0.255 e. The van der Waals surface area contributed by atoms with E-state index in [1.165, 1.54) is 0 Å². The Morgan fingerprint density at radius 3 is 2.48 bits per heavy atom. The topological polar surface area (TPSA) is 78.5 Å². The number of anilines is 1. The number of sulfonamides is 1. The lowest BCUT2D eigenvalue weighted by Gasteiger charge is -2.19. The van der Waals surface area contributed by atoms with Crippen molar-refractivity contribution >= 4 is 34.0 Å². The highest BCUT2D eigenvalue weighted by Crippen LogP contribution is 2.20. The van der Waals surface area contributed by atoms with Crippen molar-refractivity contribution in [3.63, 3.8) is 0 Å². The van der Waals surface area contributed by atoms with Gasteiger partial charge in [-0.3, -0.25) is 9.52 Å². The van der Waals surface area contributed by atoms with E-state index in [-0.39, 0.29) is 18.3 Å². The molecule has 0 atom stereocenters. The van der Waals surface area contributed by atoms with Crippen molar-refractivity contribution in [2.75, 3.05) is 38.2 Å². The van der Waals surface area contributed by atoms with Crippen LogP contribution in [0, 0.1) is 6.92 Å². The van der Waals surface area contributed by atoms with E-state index in [1.807, 2.05) is 14.0 Å². The van der Waals surface area contributed by atoms with Gasteiger partial charge in [-0.05, 0) is 26.1 Å². The zero-order valence-corrected chi connectivity index (χ0v) is 14.3. The van der Waals surface area contributed by atoms with E-state index >= 15 is 0 Å². The second-order valence-corrected chi connectivity index (χ2v) is 6.50. The molecule has 8 heteroatoms.